The summed E-state index contributed by atoms with van der Waals surface area (Å²) in [6.45, 7) is 0.0334. The van der Waals surface area contributed by atoms with Crippen molar-refractivity contribution in [3.05, 3.63) is 29.8 Å². The van der Waals surface area contributed by atoms with Gasteiger partial charge >= 0.3 is 0 Å². The fraction of sp³-hybridized carbons (Fsp3) is 0.300. The van der Waals surface area contributed by atoms with Gasteiger partial charge in [0.05, 0.1) is 24.3 Å². The number of aliphatic hydroxyl groups is 2. The standard InChI is InChI=1S/C10H12N2O2/c11-5-8-1-3-9(4-2-8)12-6-10(14)7-13/h1-4,10,12-14H,6-7H2/t10-/m1/s1. The number of nitriles is 1. The van der Waals surface area contributed by atoms with Gasteiger partial charge in [-0.05, 0) is 24.3 Å². The lowest BCUT2D eigenvalue weighted by Gasteiger charge is -2.09. The predicted octanol–water partition coefficient (Wildman–Crippen LogP) is 0.323. The summed E-state index contributed by atoms with van der Waals surface area (Å²) in [5.74, 6) is 0. The van der Waals surface area contributed by atoms with Crippen molar-refractivity contribution in [2.45, 2.75) is 6.10 Å². The molecule has 4 nitrogen and oxygen atoms in total. The van der Waals surface area contributed by atoms with Crippen LogP contribution < -0.4 is 5.32 Å². The third kappa shape index (κ3) is 3.05. The zero-order valence-electron chi connectivity index (χ0n) is 7.64. The minimum Gasteiger partial charge on any atom is -0.394 e. The maximum atomic E-state index is 9.06. The molecule has 3 N–H and O–H groups in total. The number of aliphatic hydroxyl groups excluding tert-OH is 2. The van der Waals surface area contributed by atoms with E-state index in [1.165, 1.54) is 0 Å². The van der Waals surface area contributed by atoms with Crippen molar-refractivity contribution < 1.29 is 10.2 Å². The fourth-order valence-corrected chi connectivity index (χ4v) is 0.963. The zero-order valence-corrected chi connectivity index (χ0v) is 7.64. The summed E-state index contributed by atoms with van der Waals surface area (Å²) in [6.07, 6.45) is -0.759. The zero-order chi connectivity index (χ0) is 10.4. The molecule has 0 aromatic heterocycles. The highest BCUT2D eigenvalue weighted by Crippen LogP contribution is 2.08. The molecular weight excluding hydrogens is 180 g/mol. The Bertz CT molecular complexity index is 316. The normalized spacial score (nSPS) is 11.8. The Labute approximate surface area is 82.4 Å². The van der Waals surface area contributed by atoms with Crippen molar-refractivity contribution in [1.29, 1.82) is 5.26 Å². The first-order valence-corrected chi connectivity index (χ1v) is 4.29. The molecule has 0 aliphatic rings. The number of nitrogens with zero attached hydrogens (tertiary/aromatic N) is 1. The molecule has 74 valence electrons. The first-order chi connectivity index (χ1) is 6.76. The summed E-state index contributed by atoms with van der Waals surface area (Å²) in [6, 6.07) is 8.89. The van der Waals surface area contributed by atoms with E-state index in [0.717, 1.165) is 5.69 Å². The average Bonchev–Trinajstić information content (AvgIpc) is 2.26. The van der Waals surface area contributed by atoms with Crippen LogP contribution in [0, 0.1) is 11.3 Å². The lowest BCUT2D eigenvalue weighted by Crippen LogP contribution is -2.22. The molecule has 1 aromatic rings. The smallest absolute Gasteiger partial charge is 0.0991 e. The molecule has 0 aliphatic carbocycles. The van der Waals surface area contributed by atoms with Crippen molar-refractivity contribution in [3.63, 3.8) is 0 Å². The van der Waals surface area contributed by atoms with Crippen LogP contribution in [0.3, 0.4) is 0 Å². The molecule has 1 rings (SSSR count). The van der Waals surface area contributed by atoms with Gasteiger partial charge in [0.2, 0.25) is 0 Å². The molecule has 0 spiro atoms. The van der Waals surface area contributed by atoms with Crippen LogP contribution in [0.4, 0.5) is 5.69 Å². The van der Waals surface area contributed by atoms with Gasteiger partial charge in [0, 0.05) is 12.2 Å². The van der Waals surface area contributed by atoms with Gasteiger partial charge < -0.3 is 15.5 Å². The van der Waals surface area contributed by atoms with Crippen molar-refractivity contribution >= 4 is 5.69 Å². The van der Waals surface area contributed by atoms with Gasteiger partial charge in [-0.1, -0.05) is 0 Å². The van der Waals surface area contributed by atoms with E-state index in [1.807, 2.05) is 6.07 Å². The molecule has 1 atom stereocenters. The molecular formula is C10H12N2O2. The Morgan fingerprint density at radius 3 is 2.50 bits per heavy atom. The van der Waals surface area contributed by atoms with Crippen LogP contribution in [-0.4, -0.2) is 29.5 Å². The summed E-state index contributed by atoms with van der Waals surface area (Å²) in [5.41, 5.74) is 1.41. The number of hydrogen-bond acceptors (Lipinski definition) is 4. The molecule has 0 heterocycles. The molecule has 0 bridgehead atoms. The lowest BCUT2D eigenvalue weighted by atomic mass is 10.2. The second kappa shape index (κ2) is 5.22. The minimum atomic E-state index is -0.759. The van der Waals surface area contributed by atoms with Crippen LogP contribution in [0.2, 0.25) is 0 Å². The predicted molar refractivity (Wildman–Crippen MR) is 52.7 cm³/mol. The molecule has 4 heteroatoms. The van der Waals surface area contributed by atoms with E-state index in [9.17, 15) is 0 Å². The van der Waals surface area contributed by atoms with E-state index in [2.05, 4.69) is 5.32 Å². The quantitative estimate of drug-likeness (QED) is 0.642. The van der Waals surface area contributed by atoms with Gasteiger partial charge in [0.15, 0.2) is 0 Å². The average molecular weight is 192 g/mol. The van der Waals surface area contributed by atoms with Crippen molar-refractivity contribution in [3.8, 4) is 6.07 Å². The van der Waals surface area contributed by atoms with E-state index < -0.39 is 6.10 Å². The molecule has 0 radical (unpaired) electrons. The maximum absolute atomic E-state index is 9.06. The number of hydrogen-bond donors (Lipinski definition) is 3. The van der Waals surface area contributed by atoms with E-state index in [0.29, 0.717) is 12.1 Å². The number of rotatable bonds is 4. The third-order valence-corrected chi connectivity index (χ3v) is 1.77. The van der Waals surface area contributed by atoms with Gasteiger partial charge in [0.1, 0.15) is 0 Å². The second-order valence-electron chi connectivity index (χ2n) is 2.91. The monoisotopic (exact) mass is 192 g/mol. The van der Waals surface area contributed by atoms with Crippen LogP contribution in [0.15, 0.2) is 24.3 Å². The van der Waals surface area contributed by atoms with Gasteiger partial charge in [-0.15, -0.1) is 0 Å². The molecule has 14 heavy (non-hydrogen) atoms. The highest BCUT2D eigenvalue weighted by molar-refractivity contribution is 5.47. The Morgan fingerprint density at radius 2 is 2.00 bits per heavy atom. The van der Waals surface area contributed by atoms with Crippen LogP contribution >= 0.6 is 0 Å². The van der Waals surface area contributed by atoms with Crippen molar-refractivity contribution in [2.75, 3.05) is 18.5 Å². The molecule has 0 amide bonds. The Morgan fingerprint density at radius 1 is 1.36 bits per heavy atom. The van der Waals surface area contributed by atoms with Crippen LogP contribution in [-0.2, 0) is 0 Å². The van der Waals surface area contributed by atoms with Gasteiger partial charge in [0.25, 0.3) is 0 Å². The topological polar surface area (TPSA) is 76.3 Å². The molecule has 0 fully saturated rings. The SMILES string of the molecule is N#Cc1ccc(NC[C@@H](O)CO)cc1. The third-order valence-electron chi connectivity index (χ3n) is 1.77. The number of anilines is 1. The van der Waals surface area contributed by atoms with Gasteiger partial charge in [-0.25, -0.2) is 0 Å². The highest BCUT2D eigenvalue weighted by atomic mass is 16.3. The summed E-state index contributed by atoms with van der Waals surface area (Å²) in [5, 5.41) is 29.1. The van der Waals surface area contributed by atoms with Crippen LogP contribution in [0.5, 0.6) is 0 Å². The maximum Gasteiger partial charge on any atom is 0.0991 e. The van der Waals surface area contributed by atoms with E-state index >= 15 is 0 Å². The van der Waals surface area contributed by atoms with Crippen LogP contribution in [0.25, 0.3) is 0 Å². The Hall–Kier alpha value is -1.57. The first kappa shape index (κ1) is 10.5. The molecule has 0 unspecified atom stereocenters. The van der Waals surface area contributed by atoms with Crippen molar-refractivity contribution in [1.82, 2.24) is 0 Å². The van der Waals surface area contributed by atoms with Gasteiger partial charge in [-0.2, -0.15) is 5.26 Å². The van der Waals surface area contributed by atoms with E-state index in [-0.39, 0.29) is 6.61 Å². The molecule has 0 aliphatic heterocycles. The van der Waals surface area contributed by atoms with E-state index in [4.69, 9.17) is 15.5 Å². The van der Waals surface area contributed by atoms with Gasteiger partial charge in [-0.3, -0.25) is 0 Å². The van der Waals surface area contributed by atoms with Crippen molar-refractivity contribution in [2.24, 2.45) is 0 Å². The summed E-state index contributed by atoms with van der Waals surface area (Å²) in [7, 11) is 0. The van der Waals surface area contributed by atoms with Crippen LogP contribution in [0.1, 0.15) is 5.56 Å². The minimum absolute atomic E-state index is 0.261. The Kier molecular flexibility index (Phi) is 3.92. The number of benzene rings is 1. The second-order valence-corrected chi connectivity index (χ2v) is 2.91. The van der Waals surface area contributed by atoms with E-state index in [1.54, 1.807) is 24.3 Å². The summed E-state index contributed by atoms with van der Waals surface area (Å²) in [4.78, 5) is 0. The Balaban J connectivity index is 2.49. The fourth-order valence-electron chi connectivity index (χ4n) is 0.963. The largest absolute Gasteiger partial charge is 0.394 e. The first-order valence-electron chi connectivity index (χ1n) is 4.29. The molecule has 0 saturated carbocycles. The molecule has 1 aromatic carbocycles. The summed E-state index contributed by atoms with van der Waals surface area (Å²) < 4.78 is 0. The number of nitrogens with one attached hydrogen (secondary N) is 1. The highest BCUT2D eigenvalue weighted by Gasteiger charge is 2.00. The summed E-state index contributed by atoms with van der Waals surface area (Å²) >= 11 is 0. The molecule has 0 saturated heterocycles. The lowest BCUT2D eigenvalue weighted by molar-refractivity contribution is 0.105.